The van der Waals surface area contributed by atoms with E-state index in [1.165, 1.54) is 28.0 Å². The van der Waals surface area contributed by atoms with Gasteiger partial charge < -0.3 is 14.8 Å². The van der Waals surface area contributed by atoms with Crippen LogP contribution < -0.4 is 5.32 Å². The Hall–Kier alpha value is -1.59. The molecule has 0 spiro atoms. The Bertz CT molecular complexity index is 560. The number of hydrogen-bond donors (Lipinski definition) is 2. The normalized spacial score (nSPS) is 12.3. The van der Waals surface area contributed by atoms with Crippen LogP contribution in [0.2, 0.25) is 0 Å². The first-order valence-electron chi connectivity index (χ1n) is 6.70. The highest BCUT2D eigenvalue weighted by atomic mass is 32.1. The third kappa shape index (κ3) is 3.49. The number of hydrogen-bond acceptors (Lipinski definition) is 4. The highest BCUT2D eigenvalue weighted by molar-refractivity contribution is 7.14. The standard InChI is InChI=1S/C15H19NO3S/c1-3-5-11-8-14(20-10(11)2)15(18)16-9-12(17)13-6-4-7-19-13/h4,6-8,12,17H,3,5,9H2,1-2H3,(H,16,18). The molecule has 2 N–H and O–H groups in total. The monoisotopic (exact) mass is 293 g/mol. The summed E-state index contributed by atoms with van der Waals surface area (Å²) in [5.74, 6) is 0.311. The summed E-state index contributed by atoms with van der Waals surface area (Å²) in [6.45, 7) is 4.30. The number of furan rings is 1. The van der Waals surface area contributed by atoms with Gasteiger partial charge in [-0.15, -0.1) is 11.3 Å². The summed E-state index contributed by atoms with van der Waals surface area (Å²) >= 11 is 1.49. The van der Waals surface area contributed by atoms with Gasteiger partial charge >= 0.3 is 0 Å². The molecule has 0 radical (unpaired) electrons. The van der Waals surface area contributed by atoms with Gasteiger partial charge in [0.1, 0.15) is 11.9 Å². The Morgan fingerprint density at radius 3 is 3.00 bits per heavy atom. The molecule has 4 nitrogen and oxygen atoms in total. The molecule has 0 aliphatic carbocycles. The van der Waals surface area contributed by atoms with Crippen molar-refractivity contribution in [3.63, 3.8) is 0 Å². The van der Waals surface area contributed by atoms with Crippen molar-refractivity contribution < 1.29 is 14.3 Å². The van der Waals surface area contributed by atoms with Crippen molar-refractivity contribution in [3.05, 3.63) is 45.5 Å². The van der Waals surface area contributed by atoms with Gasteiger partial charge in [0, 0.05) is 4.88 Å². The van der Waals surface area contributed by atoms with Crippen molar-refractivity contribution in [1.29, 1.82) is 0 Å². The summed E-state index contributed by atoms with van der Waals surface area (Å²) in [5.41, 5.74) is 1.23. The van der Waals surface area contributed by atoms with Crippen LogP contribution in [0.5, 0.6) is 0 Å². The molecule has 2 rings (SSSR count). The van der Waals surface area contributed by atoms with E-state index in [0.717, 1.165) is 12.8 Å². The summed E-state index contributed by atoms with van der Waals surface area (Å²) < 4.78 is 5.09. The zero-order chi connectivity index (χ0) is 14.5. The molecule has 5 heteroatoms. The third-order valence-corrected chi connectivity index (χ3v) is 4.18. The van der Waals surface area contributed by atoms with Crippen molar-refractivity contribution in [1.82, 2.24) is 5.32 Å². The fraction of sp³-hybridized carbons (Fsp3) is 0.400. The van der Waals surface area contributed by atoms with Gasteiger partial charge in [0.15, 0.2) is 0 Å². The lowest BCUT2D eigenvalue weighted by atomic mass is 10.1. The Kier molecular flexibility index (Phi) is 4.98. The summed E-state index contributed by atoms with van der Waals surface area (Å²) in [5, 5.41) is 12.6. The van der Waals surface area contributed by atoms with Gasteiger partial charge in [-0.2, -0.15) is 0 Å². The quantitative estimate of drug-likeness (QED) is 0.860. The molecule has 0 saturated heterocycles. The molecule has 108 valence electrons. The average Bonchev–Trinajstić information content (AvgIpc) is 3.07. The fourth-order valence-corrected chi connectivity index (χ4v) is 3.00. The molecule has 0 fully saturated rings. The topological polar surface area (TPSA) is 62.5 Å². The highest BCUT2D eigenvalue weighted by Crippen LogP contribution is 2.23. The number of amides is 1. The van der Waals surface area contributed by atoms with Gasteiger partial charge in [0.05, 0.1) is 17.7 Å². The molecular formula is C15H19NO3S. The van der Waals surface area contributed by atoms with Crippen LogP contribution in [0.15, 0.2) is 28.9 Å². The van der Waals surface area contributed by atoms with Crippen LogP contribution in [0.4, 0.5) is 0 Å². The molecular weight excluding hydrogens is 274 g/mol. The molecule has 1 unspecified atom stereocenters. The van der Waals surface area contributed by atoms with E-state index in [-0.39, 0.29) is 12.5 Å². The number of carbonyl (C=O) groups is 1. The smallest absolute Gasteiger partial charge is 0.261 e. The van der Waals surface area contributed by atoms with Gasteiger partial charge in [-0.25, -0.2) is 0 Å². The van der Waals surface area contributed by atoms with Crippen molar-refractivity contribution in [2.45, 2.75) is 32.8 Å². The summed E-state index contributed by atoms with van der Waals surface area (Å²) in [7, 11) is 0. The number of aliphatic hydroxyl groups is 1. The molecule has 20 heavy (non-hydrogen) atoms. The Balaban J connectivity index is 1.93. The van der Waals surface area contributed by atoms with Crippen LogP contribution in [0, 0.1) is 6.92 Å². The molecule has 1 amide bonds. The average molecular weight is 293 g/mol. The summed E-state index contributed by atoms with van der Waals surface area (Å²) in [6.07, 6.45) is 2.74. The SMILES string of the molecule is CCCc1cc(C(=O)NCC(O)c2ccco2)sc1C. The van der Waals surface area contributed by atoms with E-state index >= 15 is 0 Å². The maximum absolute atomic E-state index is 12.0. The summed E-state index contributed by atoms with van der Waals surface area (Å²) in [6, 6.07) is 5.34. The van der Waals surface area contributed by atoms with Gasteiger partial charge in [-0.3, -0.25) is 4.79 Å². The van der Waals surface area contributed by atoms with Gasteiger partial charge in [-0.05, 0) is 37.1 Å². The van der Waals surface area contributed by atoms with E-state index < -0.39 is 6.10 Å². The first kappa shape index (κ1) is 14.8. The van der Waals surface area contributed by atoms with E-state index in [1.807, 2.05) is 13.0 Å². The van der Waals surface area contributed by atoms with E-state index in [1.54, 1.807) is 12.1 Å². The highest BCUT2D eigenvalue weighted by Gasteiger charge is 2.15. The van der Waals surface area contributed by atoms with E-state index in [0.29, 0.717) is 10.6 Å². The Morgan fingerprint density at radius 2 is 2.35 bits per heavy atom. The minimum Gasteiger partial charge on any atom is -0.467 e. The van der Waals surface area contributed by atoms with E-state index in [9.17, 15) is 9.90 Å². The van der Waals surface area contributed by atoms with Crippen LogP contribution in [0.3, 0.4) is 0 Å². The van der Waals surface area contributed by atoms with Crippen LogP contribution in [0.25, 0.3) is 0 Å². The maximum Gasteiger partial charge on any atom is 0.261 e. The molecule has 0 aliphatic rings. The lowest BCUT2D eigenvalue weighted by molar-refractivity contribution is 0.0905. The number of aliphatic hydroxyl groups excluding tert-OH is 1. The lowest BCUT2D eigenvalue weighted by Crippen LogP contribution is -2.27. The van der Waals surface area contributed by atoms with Crippen LogP contribution in [-0.2, 0) is 6.42 Å². The second-order valence-corrected chi connectivity index (χ2v) is 5.94. The molecule has 0 bridgehead atoms. The minimum atomic E-state index is -0.815. The number of aryl methyl sites for hydroxylation is 2. The zero-order valence-corrected chi connectivity index (χ0v) is 12.5. The second-order valence-electron chi connectivity index (χ2n) is 4.68. The number of nitrogens with one attached hydrogen (secondary N) is 1. The fourth-order valence-electron chi connectivity index (χ4n) is 2.01. The second kappa shape index (κ2) is 6.72. The number of thiophene rings is 1. The molecule has 0 saturated carbocycles. The lowest BCUT2D eigenvalue weighted by Gasteiger charge is -2.08. The largest absolute Gasteiger partial charge is 0.467 e. The molecule has 2 aromatic heterocycles. The Labute approximate surface area is 122 Å². The van der Waals surface area contributed by atoms with Crippen molar-refractivity contribution in [2.24, 2.45) is 0 Å². The zero-order valence-electron chi connectivity index (χ0n) is 11.7. The first-order valence-corrected chi connectivity index (χ1v) is 7.52. The number of rotatable bonds is 6. The minimum absolute atomic E-state index is 0.145. The van der Waals surface area contributed by atoms with Crippen molar-refractivity contribution in [3.8, 4) is 0 Å². The molecule has 0 aromatic carbocycles. The van der Waals surface area contributed by atoms with Gasteiger partial charge in [0.25, 0.3) is 5.91 Å². The maximum atomic E-state index is 12.0. The van der Waals surface area contributed by atoms with E-state index in [4.69, 9.17) is 4.42 Å². The van der Waals surface area contributed by atoms with Crippen LogP contribution in [0.1, 0.15) is 45.3 Å². The molecule has 2 heterocycles. The van der Waals surface area contributed by atoms with Crippen molar-refractivity contribution >= 4 is 17.2 Å². The summed E-state index contributed by atoms with van der Waals surface area (Å²) in [4.78, 5) is 13.9. The number of carbonyl (C=O) groups excluding carboxylic acids is 1. The third-order valence-electron chi connectivity index (χ3n) is 3.09. The molecule has 1 atom stereocenters. The van der Waals surface area contributed by atoms with Crippen LogP contribution in [-0.4, -0.2) is 17.6 Å². The Morgan fingerprint density at radius 1 is 1.55 bits per heavy atom. The first-order chi connectivity index (χ1) is 9.61. The van der Waals surface area contributed by atoms with Crippen molar-refractivity contribution in [2.75, 3.05) is 6.54 Å². The van der Waals surface area contributed by atoms with E-state index in [2.05, 4.69) is 12.2 Å². The predicted octanol–water partition coefficient (Wildman–Crippen LogP) is 3.07. The van der Waals surface area contributed by atoms with Gasteiger partial charge in [0.2, 0.25) is 0 Å². The van der Waals surface area contributed by atoms with Crippen LogP contribution >= 0.6 is 11.3 Å². The molecule has 2 aromatic rings. The van der Waals surface area contributed by atoms with Gasteiger partial charge in [-0.1, -0.05) is 13.3 Å². The molecule has 0 aliphatic heterocycles. The predicted molar refractivity (Wildman–Crippen MR) is 79.1 cm³/mol.